The van der Waals surface area contributed by atoms with E-state index in [4.69, 9.17) is 4.99 Å². The predicted octanol–water partition coefficient (Wildman–Crippen LogP) is 10.2. The van der Waals surface area contributed by atoms with Gasteiger partial charge in [0.2, 0.25) is 0 Å². The van der Waals surface area contributed by atoms with Gasteiger partial charge >= 0.3 is 0 Å². The summed E-state index contributed by atoms with van der Waals surface area (Å²) < 4.78 is 0. The van der Waals surface area contributed by atoms with Crippen molar-refractivity contribution in [1.82, 2.24) is 4.90 Å². The van der Waals surface area contributed by atoms with Crippen molar-refractivity contribution < 1.29 is 0 Å². The SMILES string of the molecule is C=N/C(=N\CN1CN(c2ccccc2N=C)c2ccccc2C2=C1C=CCC2)c1ccccc1.C=NCc1ccc(-c2ccccc2)cc1. The Morgan fingerprint density at radius 2 is 1.33 bits per heavy atom. The molecule has 49 heavy (non-hydrogen) atoms. The van der Waals surface area contributed by atoms with E-state index in [2.05, 4.69) is 136 Å². The first-order chi connectivity index (χ1) is 24.2. The molecule has 6 nitrogen and oxygen atoms in total. The highest BCUT2D eigenvalue weighted by atomic mass is 15.4. The van der Waals surface area contributed by atoms with Crippen LogP contribution in [-0.2, 0) is 6.54 Å². The van der Waals surface area contributed by atoms with Crippen molar-refractivity contribution in [2.75, 3.05) is 18.2 Å². The summed E-state index contributed by atoms with van der Waals surface area (Å²) in [5.74, 6) is 0.643. The fourth-order valence-electron chi connectivity index (χ4n) is 6.19. The van der Waals surface area contributed by atoms with Crippen LogP contribution in [0.5, 0.6) is 0 Å². The van der Waals surface area contributed by atoms with Gasteiger partial charge in [-0.2, -0.15) is 0 Å². The van der Waals surface area contributed by atoms with Gasteiger partial charge in [0.05, 0.1) is 30.3 Å². The first kappa shape index (κ1) is 32.8. The summed E-state index contributed by atoms with van der Waals surface area (Å²) in [4.78, 5) is 21.9. The van der Waals surface area contributed by atoms with E-state index in [-0.39, 0.29) is 0 Å². The van der Waals surface area contributed by atoms with Crippen LogP contribution in [0.1, 0.15) is 29.5 Å². The summed E-state index contributed by atoms with van der Waals surface area (Å²) in [6.45, 7) is 12.8. The first-order valence-electron chi connectivity index (χ1n) is 16.4. The molecule has 0 atom stereocenters. The van der Waals surface area contributed by atoms with Crippen molar-refractivity contribution in [2.24, 2.45) is 20.0 Å². The Hall–Kier alpha value is -6.14. The minimum atomic E-state index is 0.459. The second kappa shape index (κ2) is 16.1. The molecule has 0 aromatic heterocycles. The van der Waals surface area contributed by atoms with Crippen molar-refractivity contribution >= 4 is 48.6 Å². The molecule has 0 amide bonds. The van der Waals surface area contributed by atoms with Crippen LogP contribution in [0.4, 0.5) is 17.1 Å². The van der Waals surface area contributed by atoms with E-state index in [1.54, 1.807) is 0 Å². The maximum Gasteiger partial charge on any atom is 0.155 e. The summed E-state index contributed by atoms with van der Waals surface area (Å²) in [7, 11) is 0. The normalized spacial score (nSPS) is 13.8. The van der Waals surface area contributed by atoms with Gasteiger partial charge < -0.3 is 9.80 Å². The summed E-state index contributed by atoms with van der Waals surface area (Å²) in [6.07, 6.45) is 6.49. The van der Waals surface area contributed by atoms with E-state index in [1.807, 2.05) is 54.6 Å². The zero-order valence-electron chi connectivity index (χ0n) is 27.7. The van der Waals surface area contributed by atoms with Crippen LogP contribution in [0.2, 0.25) is 0 Å². The number of amidine groups is 1. The number of hydrogen-bond donors (Lipinski definition) is 0. The molecule has 242 valence electrons. The Kier molecular flexibility index (Phi) is 10.8. The molecule has 0 unspecified atom stereocenters. The van der Waals surface area contributed by atoms with Gasteiger partial charge in [-0.15, -0.1) is 0 Å². The Bertz CT molecular complexity index is 1990. The molecule has 1 heterocycles. The van der Waals surface area contributed by atoms with E-state index < -0.39 is 0 Å². The number of rotatable bonds is 8. The van der Waals surface area contributed by atoms with E-state index in [0.717, 1.165) is 35.5 Å². The smallest absolute Gasteiger partial charge is 0.155 e. The molecule has 0 saturated carbocycles. The van der Waals surface area contributed by atoms with Gasteiger partial charge in [-0.1, -0.05) is 121 Å². The van der Waals surface area contributed by atoms with Crippen LogP contribution in [0.15, 0.2) is 171 Å². The van der Waals surface area contributed by atoms with Gasteiger partial charge in [-0.25, -0.2) is 9.98 Å². The maximum absolute atomic E-state index is 4.89. The highest BCUT2D eigenvalue weighted by Gasteiger charge is 2.28. The quantitative estimate of drug-likeness (QED) is 0.125. The van der Waals surface area contributed by atoms with Gasteiger partial charge in [0.15, 0.2) is 5.84 Å². The number of para-hydroxylation sites is 3. The number of nitrogens with zero attached hydrogens (tertiary/aromatic N) is 6. The van der Waals surface area contributed by atoms with Crippen molar-refractivity contribution in [3.05, 3.63) is 168 Å². The van der Waals surface area contributed by atoms with E-state index in [1.165, 1.54) is 33.5 Å². The van der Waals surface area contributed by atoms with Crippen LogP contribution >= 0.6 is 0 Å². The molecule has 5 aromatic rings. The van der Waals surface area contributed by atoms with Crippen LogP contribution < -0.4 is 4.90 Å². The average Bonchev–Trinajstić information content (AvgIpc) is 3.31. The molecule has 0 N–H and O–H groups in total. The Balaban J connectivity index is 0.000000232. The topological polar surface area (TPSA) is 55.9 Å². The third kappa shape index (κ3) is 7.71. The fraction of sp³-hybridized carbons (Fsp3) is 0.116. The molecule has 6 heteroatoms. The van der Waals surface area contributed by atoms with Crippen LogP contribution in [0.25, 0.3) is 16.7 Å². The molecule has 0 saturated heterocycles. The minimum absolute atomic E-state index is 0.459. The molecule has 5 aromatic carbocycles. The second-order valence-corrected chi connectivity index (χ2v) is 11.7. The molecule has 0 bridgehead atoms. The number of hydrogen-bond acceptors (Lipinski definition) is 5. The number of fused-ring (bicyclic) bond motifs is 2. The predicted molar refractivity (Wildman–Crippen MR) is 209 cm³/mol. The standard InChI is InChI=1S/C29H27N5.C14H13N/c1-30-25-16-8-11-19-28(25)34-21-33(20-32-29(31-2)22-12-4-3-5-13-22)26-17-9-6-14-23(26)24-15-7-10-18-27(24)34;1-15-11-12-7-9-14(10-8-12)13-5-3-2-4-6-13/h3-5,7-13,15-19H,1-2,6,14,20-21H2;2-10H,1,11H2/b32-29-;. The Labute approximate surface area is 289 Å². The highest BCUT2D eigenvalue weighted by molar-refractivity contribution is 6.01. The second-order valence-electron chi connectivity index (χ2n) is 11.7. The zero-order valence-corrected chi connectivity index (χ0v) is 27.7. The van der Waals surface area contributed by atoms with Crippen molar-refractivity contribution in [2.45, 2.75) is 19.4 Å². The van der Waals surface area contributed by atoms with Gasteiger partial charge in [-0.3, -0.25) is 9.98 Å². The number of aliphatic imine (C=N–C) groups is 4. The minimum Gasteiger partial charge on any atom is -0.334 e. The lowest BCUT2D eigenvalue weighted by Gasteiger charge is -2.32. The molecule has 0 fully saturated rings. The van der Waals surface area contributed by atoms with Gasteiger partial charge in [0, 0.05) is 16.8 Å². The molecule has 0 radical (unpaired) electrons. The van der Waals surface area contributed by atoms with Crippen LogP contribution in [0.3, 0.4) is 0 Å². The molecule has 1 aliphatic heterocycles. The summed E-state index contributed by atoms with van der Waals surface area (Å²) >= 11 is 0. The Morgan fingerprint density at radius 1 is 0.673 bits per heavy atom. The van der Waals surface area contributed by atoms with Crippen molar-refractivity contribution in [3.63, 3.8) is 0 Å². The summed E-state index contributed by atoms with van der Waals surface area (Å²) in [5.41, 5.74) is 11.5. The van der Waals surface area contributed by atoms with E-state index in [9.17, 15) is 0 Å². The first-order valence-corrected chi connectivity index (χ1v) is 16.4. The number of benzene rings is 5. The van der Waals surface area contributed by atoms with Crippen LogP contribution in [-0.4, -0.2) is 44.2 Å². The van der Waals surface area contributed by atoms with Gasteiger partial charge in [-0.05, 0) is 79.5 Å². The summed E-state index contributed by atoms with van der Waals surface area (Å²) in [6, 6.07) is 45.5. The molecule has 1 aliphatic carbocycles. The van der Waals surface area contributed by atoms with Gasteiger partial charge in [0.1, 0.15) is 6.67 Å². The monoisotopic (exact) mass is 640 g/mol. The molecular formula is C43H40N6. The molecule has 0 spiro atoms. The molecular weight excluding hydrogens is 601 g/mol. The summed E-state index contributed by atoms with van der Waals surface area (Å²) in [5, 5.41) is 0. The number of anilines is 2. The van der Waals surface area contributed by atoms with Crippen molar-refractivity contribution in [3.8, 4) is 11.1 Å². The molecule has 2 aliphatic rings. The average molecular weight is 641 g/mol. The largest absolute Gasteiger partial charge is 0.334 e. The Morgan fingerprint density at radius 3 is 2.04 bits per heavy atom. The fourth-order valence-corrected chi connectivity index (χ4v) is 6.19. The lowest BCUT2D eigenvalue weighted by Crippen LogP contribution is -2.34. The van der Waals surface area contributed by atoms with Crippen LogP contribution in [0, 0.1) is 0 Å². The van der Waals surface area contributed by atoms with Crippen molar-refractivity contribution in [1.29, 1.82) is 0 Å². The van der Waals surface area contributed by atoms with E-state index >= 15 is 0 Å². The maximum atomic E-state index is 4.89. The van der Waals surface area contributed by atoms with Gasteiger partial charge in [0.25, 0.3) is 0 Å². The third-order valence-electron chi connectivity index (χ3n) is 8.59. The lowest BCUT2D eigenvalue weighted by molar-refractivity contribution is 0.377. The third-order valence-corrected chi connectivity index (χ3v) is 8.59. The lowest BCUT2D eigenvalue weighted by atomic mass is 9.93. The molecule has 7 rings (SSSR count). The highest BCUT2D eigenvalue weighted by Crippen LogP contribution is 2.43. The zero-order chi connectivity index (χ0) is 33.8. The number of allylic oxidation sites excluding steroid dienone is 3. The van der Waals surface area contributed by atoms with E-state index in [0.29, 0.717) is 25.7 Å².